The molecule has 1 fully saturated rings. The molecule has 0 aromatic heterocycles. The van der Waals surface area contributed by atoms with E-state index in [-0.39, 0.29) is 50.8 Å². The lowest BCUT2D eigenvalue weighted by atomic mass is 9.83. The van der Waals surface area contributed by atoms with E-state index in [2.05, 4.69) is 10.0 Å². The number of aliphatic hydroxyl groups is 1. The summed E-state index contributed by atoms with van der Waals surface area (Å²) in [5.74, 6) is -1.58. The SMILES string of the molecule is CCOC(=O)C(C)(C)NS(=O)(=O)N(CCC(C)C)C[C@@H](O)[C@H](CC1CCCCC1)NC(=O)CCCC(=O)O. The zero-order valence-corrected chi connectivity index (χ0v) is 24.5. The maximum Gasteiger partial charge on any atom is 0.326 e. The Bertz CT molecular complexity index is 857. The number of nitrogens with zero attached hydrogens (tertiary/aromatic N) is 1. The summed E-state index contributed by atoms with van der Waals surface area (Å²) in [6.45, 7) is 8.34. The molecular weight excluding hydrogens is 514 g/mol. The second kappa shape index (κ2) is 16.4. The topological polar surface area (TPSA) is 162 Å². The van der Waals surface area contributed by atoms with E-state index in [0.717, 1.165) is 36.4 Å². The van der Waals surface area contributed by atoms with Crippen molar-refractivity contribution in [1.29, 1.82) is 0 Å². The number of esters is 1. The van der Waals surface area contributed by atoms with Crippen LogP contribution in [0.1, 0.15) is 98.8 Å². The fraction of sp³-hybridized carbons (Fsp3) is 0.885. The molecule has 38 heavy (non-hydrogen) atoms. The van der Waals surface area contributed by atoms with Crippen molar-refractivity contribution in [3.8, 4) is 0 Å². The number of rotatable bonds is 18. The first-order chi connectivity index (χ1) is 17.7. The zero-order valence-electron chi connectivity index (χ0n) is 23.7. The number of hydrogen-bond acceptors (Lipinski definition) is 7. The number of carbonyl (C=O) groups excluding carboxylic acids is 2. The smallest absolute Gasteiger partial charge is 0.326 e. The molecule has 0 spiro atoms. The van der Waals surface area contributed by atoms with Crippen LogP contribution in [0, 0.1) is 11.8 Å². The fourth-order valence-electron chi connectivity index (χ4n) is 4.56. The molecule has 0 bridgehead atoms. The molecule has 0 aromatic rings. The second-order valence-electron chi connectivity index (χ2n) is 11.2. The summed E-state index contributed by atoms with van der Waals surface area (Å²) in [5, 5.41) is 23.0. The minimum Gasteiger partial charge on any atom is -0.481 e. The van der Waals surface area contributed by atoms with Gasteiger partial charge in [-0.1, -0.05) is 46.0 Å². The highest BCUT2D eigenvalue weighted by Crippen LogP contribution is 2.28. The zero-order chi connectivity index (χ0) is 28.9. The van der Waals surface area contributed by atoms with Crippen molar-refractivity contribution in [2.75, 3.05) is 19.7 Å². The van der Waals surface area contributed by atoms with E-state index in [1.807, 2.05) is 13.8 Å². The number of aliphatic carboxylic acids is 1. The van der Waals surface area contributed by atoms with Crippen molar-refractivity contribution in [1.82, 2.24) is 14.3 Å². The predicted molar refractivity (Wildman–Crippen MR) is 144 cm³/mol. The van der Waals surface area contributed by atoms with Gasteiger partial charge >= 0.3 is 11.9 Å². The summed E-state index contributed by atoms with van der Waals surface area (Å²) in [6, 6.07) is -0.690. The van der Waals surface area contributed by atoms with Gasteiger partial charge in [-0.15, -0.1) is 0 Å². The first-order valence-electron chi connectivity index (χ1n) is 13.8. The molecule has 11 nitrogen and oxygen atoms in total. The molecule has 2 atom stereocenters. The molecule has 1 aliphatic rings. The van der Waals surface area contributed by atoms with Crippen LogP contribution in [-0.2, 0) is 29.3 Å². The maximum absolute atomic E-state index is 13.4. The Labute approximate surface area is 228 Å². The molecule has 4 N–H and O–H groups in total. The molecule has 0 heterocycles. The van der Waals surface area contributed by atoms with Gasteiger partial charge < -0.3 is 20.3 Å². The van der Waals surface area contributed by atoms with Crippen molar-refractivity contribution in [3.63, 3.8) is 0 Å². The maximum atomic E-state index is 13.4. The van der Waals surface area contributed by atoms with Crippen LogP contribution in [0.15, 0.2) is 0 Å². The first kappa shape index (κ1) is 34.3. The molecule has 0 radical (unpaired) electrons. The van der Waals surface area contributed by atoms with E-state index in [0.29, 0.717) is 18.8 Å². The Kier molecular flexibility index (Phi) is 14.8. The Balaban J connectivity index is 3.09. The normalized spacial score (nSPS) is 16.8. The summed E-state index contributed by atoms with van der Waals surface area (Å²) >= 11 is 0. The third-order valence-corrected chi connectivity index (χ3v) is 8.55. The van der Waals surface area contributed by atoms with Crippen molar-refractivity contribution >= 4 is 28.1 Å². The van der Waals surface area contributed by atoms with Crippen LogP contribution >= 0.6 is 0 Å². The predicted octanol–water partition coefficient (Wildman–Crippen LogP) is 2.58. The number of nitrogens with one attached hydrogen (secondary N) is 2. The molecule has 222 valence electrons. The van der Waals surface area contributed by atoms with E-state index >= 15 is 0 Å². The van der Waals surface area contributed by atoms with Crippen molar-refractivity contribution in [2.45, 2.75) is 117 Å². The highest BCUT2D eigenvalue weighted by atomic mass is 32.2. The highest BCUT2D eigenvalue weighted by Gasteiger charge is 2.38. The Morgan fingerprint density at radius 1 is 1.11 bits per heavy atom. The molecule has 0 aliphatic heterocycles. The van der Waals surface area contributed by atoms with Gasteiger partial charge in [0.1, 0.15) is 5.54 Å². The fourth-order valence-corrected chi connectivity index (χ4v) is 6.11. The van der Waals surface area contributed by atoms with Gasteiger partial charge in [-0.3, -0.25) is 14.4 Å². The summed E-state index contributed by atoms with van der Waals surface area (Å²) in [4.78, 5) is 35.7. The monoisotopic (exact) mass is 563 g/mol. The number of amides is 1. The van der Waals surface area contributed by atoms with Gasteiger partial charge in [0.15, 0.2) is 0 Å². The third kappa shape index (κ3) is 12.9. The quantitative estimate of drug-likeness (QED) is 0.185. The average molecular weight is 564 g/mol. The third-order valence-electron chi connectivity index (χ3n) is 6.77. The lowest BCUT2D eigenvalue weighted by molar-refractivity contribution is -0.149. The van der Waals surface area contributed by atoms with Crippen molar-refractivity contribution in [2.24, 2.45) is 11.8 Å². The van der Waals surface area contributed by atoms with Gasteiger partial charge in [0.25, 0.3) is 10.2 Å². The van der Waals surface area contributed by atoms with Crippen molar-refractivity contribution < 1.29 is 37.8 Å². The van der Waals surface area contributed by atoms with E-state index < -0.39 is 39.8 Å². The average Bonchev–Trinajstić information content (AvgIpc) is 2.80. The highest BCUT2D eigenvalue weighted by molar-refractivity contribution is 7.87. The lowest BCUT2D eigenvalue weighted by Gasteiger charge is -2.34. The van der Waals surface area contributed by atoms with E-state index in [1.54, 1.807) is 6.92 Å². The molecule has 1 amide bonds. The van der Waals surface area contributed by atoms with Crippen LogP contribution < -0.4 is 10.0 Å². The number of carboxylic acids is 1. The molecule has 0 saturated heterocycles. The lowest BCUT2D eigenvalue weighted by Crippen LogP contribution is -2.57. The van der Waals surface area contributed by atoms with Crippen LogP contribution in [0.3, 0.4) is 0 Å². The standard InChI is InChI=1S/C26H49N3O8S/c1-6-37-25(34)26(4,5)28-38(35,36)29(16-15-19(2)3)18-22(30)21(17-20-11-8-7-9-12-20)27-23(31)13-10-14-24(32)33/h19-22,28,30H,6-18H2,1-5H3,(H,27,31)(H,32,33)/t21-,22+/m0/s1. The number of aliphatic hydroxyl groups excluding tert-OH is 1. The minimum atomic E-state index is -4.21. The van der Waals surface area contributed by atoms with Gasteiger partial charge in [-0.25, -0.2) is 0 Å². The van der Waals surface area contributed by atoms with E-state index in [1.165, 1.54) is 13.8 Å². The molecule has 1 saturated carbocycles. The van der Waals surface area contributed by atoms with Crippen LogP contribution in [0.2, 0.25) is 0 Å². The van der Waals surface area contributed by atoms with Crippen LogP contribution in [-0.4, -0.2) is 78.2 Å². The Morgan fingerprint density at radius 2 is 1.74 bits per heavy atom. The molecule has 12 heteroatoms. The number of ether oxygens (including phenoxy) is 1. The number of carbonyl (C=O) groups is 3. The summed E-state index contributed by atoms with van der Waals surface area (Å²) in [6.07, 6.45) is 5.12. The van der Waals surface area contributed by atoms with E-state index in [9.17, 15) is 27.9 Å². The molecule has 0 aromatic carbocycles. The first-order valence-corrected chi connectivity index (χ1v) is 15.3. The Morgan fingerprint density at radius 3 is 2.29 bits per heavy atom. The Hall–Kier alpha value is -1.76. The van der Waals surface area contributed by atoms with Gasteiger partial charge in [0.05, 0.1) is 18.8 Å². The van der Waals surface area contributed by atoms with Crippen molar-refractivity contribution in [3.05, 3.63) is 0 Å². The van der Waals surface area contributed by atoms with Gasteiger partial charge in [0.2, 0.25) is 5.91 Å². The molecular formula is C26H49N3O8S. The van der Waals surface area contributed by atoms with Gasteiger partial charge in [0, 0.05) is 25.9 Å². The van der Waals surface area contributed by atoms with Gasteiger partial charge in [-0.05, 0) is 51.9 Å². The minimum absolute atomic E-state index is 0.00480. The largest absolute Gasteiger partial charge is 0.481 e. The second-order valence-corrected chi connectivity index (χ2v) is 12.9. The summed E-state index contributed by atoms with van der Waals surface area (Å²) in [7, 11) is -4.21. The molecule has 1 aliphatic carbocycles. The van der Waals surface area contributed by atoms with Crippen LogP contribution in [0.4, 0.5) is 0 Å². The van der Waals surface area contributed by atoms with Gasteiger partial charge in [-0.2, -0.15) is 17.4 Å². The van der Waals surface area contributed by atoms with Crippen LogP contribution in [0.5, 0.6) is 0 Å². The molecule has 0 unspecified atom stereocenters. The summed E-state index contributed by atoms with van der Waals surface area (Å²) in [5.41, 5.74) is -1.52. The van der Waals surface area contributed by atoms with E-state index in [4.69, 9.17) is 9.84 Å². The molecule has 1 rings (SSSR count). The van der Waals surface area contributed by atoms with Crippen LogP contribution in [0.25, 0.3) is 0 Å². The number of carboxylic acid groups (broad SMARTS) is 1. The summed E-state index contributed by atoms with van der Waals surface area (Å²) < 4.78 is 35.3. The number of hydrogen-bond donors (Lipinski definition) is 4.